The molecule has 0 saturated heterocycles. The van der Waals surface area contributed by atoms with Crippen molar-refractivity contribution in [3.05, 3.63) is 0 Å². The van der Waals surface area contributed by atoms with Gasteiger partial charge in [0.1, 0.15) is 0 Å². The Morgan fingerprint density at radius 3 is 2.44 bits per heavy atom. The average Bonchev–Trinajstić information content (AvgIpc) is 2.29. The van der Waals surface area contributed by atoms with E-state index < -0.39 is 11.4 Å². The van der Waals surface area contributed by atoms with Gasteiger partial charge in [-0.3, -0.25) is 4.79 Å². The third-order valence-electron chi connectivity index (χ3n) is 4.00. The van der Waals surface area contributed by atoms with Crippen molar-refractivity contribution >= 4 is 12.0 Å². The van der Waals surface area contributed by atoms with Crippen molar-refractivity contribution < 1.29 is 14.7 Å². The van der Waals surface area contributed by atoms with E-state index >= 15 is 0 Å². The Labute approximate surface area is 108 Å². The van der Waals surface area contributed by atoms with Crippen molar-refractivity contribution in [3.8, 4) is 0 Å². The molecule has 1 rings (SSSR count). The fourth-order valence-electron chi connectivity index (χ4n) is 1.86. The summed E-state index contributed by atoms with van der Waals surface area (Å²) in [6.45, 7) is 4.29. The Kier molecular flexibility index (Phi) is 5.44. The molecule has 0 aromatic rings. The molecular formula is C13H24N2O3. The molecule has 0 spiro atoms. The largest absolute Gasteiger partial charge is 0.481 e. The van der Waals surface area contributed by atoms with E-state index in [-0.39, 0.29) is 12.6 Å². The molecule has 104 valence electrons. The molecule has 1 saturated carbocycles. The average molecular weight is 256 g/mol. The Morgan fingerprint density at radius 1 is 1.33 bits per heavy atom. The Balaban J connectivity index is 2.16. The zero-order valence-corrected chi connectivity index (χ0v) is 11.3. The second-order valence-corrected chi connectivity index (χ2v) is 5.41. The van der Waals surface area contributed by atoms with Gasteiger partial charge in [0, 0.05) is 13.1 Å². The molecule has 0 heterocycles. The van der Waals surface area contributed by atoms with E-state index in [0.29, 0.717) is 13.0 Å². The molecule has 1 aliphatic carbocycles. The summed E-state index contributed by atoms with van der Waals surface area (Å²) in [5.41, 5.74) is -0.884. The summed E-state index contributed by atoms with van der Waals surface area (Å²) in [5.74, 6) is -0.106. The topological polar surface area (TPSA) is 78.4 Å². The van der Waals surface area contributed by atoms with E-state index in [1.54, 1.807) is 6.92 Å². The lowest BCUT2D eigenvalue weighted by molar-refractivity contribution is -0.147. The summed E-state index contributed by atoms with van der Waals surface area (Å²) in [7, 11) is 0. The molecule has 0 radical (unpaired) electrons. The number of carbonyl (C=O) groups is 2. The minimum absolute atomic E-state index is 0.161. The number of aliphatic carboxylic acids is 1. The fraction of sp³-hybridized carbons (Fsp3) is 0.846. The molecule has 18 heavy (non-hydrogen) atoms. The summed E-state index contributed by atoms with van der Waals surface area (Å²) in [6, 6.07) is -0.268. The first-order valence-corrected chi connectivity index (χ1v) is 6.73. The maximum Gasteiger partial charge on any atom is 0.314 e. The summed E-state index contributed by atoms with van der Waals surface area (Å²) < 4.78 is 0. The predicted octanol–water partition coefficient (Wildman–Crippen LogP) is 1.98. The number of amides is 2. The van der Waals surface area contributed by atoms with Gasteiger partial charge in [-0.25, -0.2) is 4.79 Å². The first kappa shape index (κ1) is 14.8. The minimum Gasteiger partial charge on any atom is -0.481 e. The Hall–Kier alpha value is -1.26. The molecule has 5 heteroatoms. The molecular weight excluding hydrogens is 232 g/mol. The minimum atomic E-state index is -0.884. The zero-order valence-electron chi connectivity index (χ0n) is 11.3. The van der Waals surface area contributed by atoms with Crippen LogP contribution in [0.25, 0.3) is 0 Å². The highest BCUT2D eigenvalue weighted by Crippen LogP contribution is 2.28. The molecule has 1 unspecified atom stereocenters. The van der Waals surface area contributed by atoms with Crippen molar-refractivity contribution in [1.29, 1.82) is 0 Å². The monoisotopic (exact) mass is 256 g/mol. The van der Waals surface area contributed by atoms with Crippen LogP contribution < -0.4 is 10.6 Å². The van der Waals surface area contributed by atoms with Crippen LogP contribution in [-0.2, 0) is 4.79 Å². The molecule has 5 nitrogen and oxygen atoms in total. The second kappa shape index (κ2) is 6.61. The summed E-state index contributed by atoms with van der Waals surface area (Å²) in [4.78, 5) is 22.5. The van der Waals surface area contributed by atoms with E-state index in [2.05, 4.69) is 10.6 Å². The van der Waals surface area contributed by atoms with E-state index in [4.69, 9.17) is 5.11 Å². The number of carboxylic acids is 1. The maximum atomic E-state index is 11.5. The number of urea groups is 1. The molecule has 2 amide bonds. The van der Waals surface area contributed by atoms with Gasteiger partial charge in [-0.1, -0.05) is 26.2 Å². The number of rotatable bonds is 7. The fourth-order valence-corrected chi connectivity index (χ4v) is 1.86. The van der Waals surface area contributed by atoms with Gasteiger partial charge in [-0.05, 0) is 25.7 Å². The van der Waals surface area contributed by atoms with E-state index in [0.717, 1.165) is 12.3 Å². The van der Waals surface area contributed by atoms with Crippen LogP contribution in [0.5, 0.6) is 0 Å². The van der Waals surface area contributed by atoms with Gasteiger partial charge in [-0.15, -0.1) is 0 Å². The highest BCUT2D eigenvalue weighted by Gasteiger charge is 2.31. The number of carbonyl (C=O) groups excluding carboxylic acids is 1. The lowest BCUT2D eigenvalue weighted by Gasteiger charge is -2.26. The van der Waals surface area contributed by atoms with Crippen LogP contribution in [0.2, 0.25) is 0 Å². The van der Waals surface area contributed by atoms with Crippen LogP contribution in [-0.4, -0.2) is 30.2 Å². The zero-order chi connectivity index (χ0) is 13.6. The highest BCUT2D eigenvalue weighted by atomic mass is 16.4. The normalized spacial score (nSPS) is 18.6. The van der Waals surface area contributed by atoms with E-state index in [1.165, 1.54) is 19.3 Å². The van der Waals surface area contributed by atoms with Crippen LogP contribution >= 0.6 is 0 Å². The second-order valence-electron chi connectivity index (χ2n) is 5.41. The van der Waals surface area contributed by atoms with Crippen molar-refractivity contribution in [2.45, 2.75) is 46.0 Å². The van der Waals surface area contributed by atoms with Gasteiger partial charge in [-0.2, -0.15) is 0 Å². The molecule has 1 fully saturated rings. The SMILES string of the molecule is CCC(C)(CNC(=O)NCCC1CCC1)C(=O)O. The first-order valence-electron chi connectivity index (χ1n) is 6.73. The summed E-state index contributed by atoms with van der Waals surface area (Å²) in [5, 5.41) is 14.5. The van der Waals surface area contributed by atoms with Crippen LogP contribution in [0.15, 0.2) is 0 Å². The van der Waals surface area contributed by atoms with E-state index in [9.17, 15) is 9.59 Å². The highest BCUT2D eigenvalue weighted by molar-refractivity contribution is 5.77. The van der Waals surface area contributed by atoms with Crippen molar-refractivity contribution in [2.24, 2.45) is 11.3 Å². The number of hydrogen-bond donors (Lipinski definition) is 3. The van der Waals surface area contributed by atoms with Gasteiger partial charge in [0.15, 0.2) is 0 Å². The molecule has 1 aliphatic rings. The predicted molar refractivity (Wildman–Crippen MR) is 69.4 cm³/mol. The van der Waals surface area contributed by atoms with Crippen LogP contribution in [0.4, 0.5) is 4.79 Å². The Morgan fingerprint density at radius 2 is 2.00 bits per heavy atom. The quantitative estimate of drug-likeness (QED) is 0.651. The number of carboxylic acid groups (broad SMARTS) is 1. The van der Waals surface area contributed by atoms with Gasteiger partial charge < -0.3 is 15.7 Å². The van der Waals surface area contributed by atoms with Crippen LogP contribution in [0, 0.1) is 11.3 Å². The number of hydrogen-bond acceptors (Lipinski definition) is 2. The smallest absolute Gasteiger partial charge is 0.314 e. The van der Waals surface area contributed by atoms with Crippen molar-refractivity contribution in [2.75, 3.05) is 13.1 Å². The summed E-state index contributed by atoms with van der Waals surface area (Å²) >= 11 is 0. The summed E-state index contributed by atoms with van der Waals surface area (Å²) in [6.07, 6.45) is 5.37. The lowest BCUT2D eigenvalue weighted by atomic mass is 9.83. The Bertz CT molecular complexity index is 303. The molecule has 0 bridgehead atoms. The molecule has 0 aromatic carbocycles. The van der Waals surface area contributed by atoms with Gasteiger partial charge in [0.25, 0.3) is 0 Å². The van der Waals surface area contributed by atoms with Crippen molar-refractivity contribution in [1.82, 2.24) is 10.6 Å². The molecule has 0 aromatic heterocycles. The van der Waals surface area contributed by atoms with Crippen molar-refractivity contribution in [3.63, 3.8) is 0 Å². The number of nitrogens with one attached hydrogen (secondary N) is 2. The van der Waals surface area contributed by atoms with Gasteiger partial charge in [0.2, 0.25) is 0 Å². The van der Waals surface area contributed by atoms with Gasteiger partial charge >= 0.3 is 12.0 Å². The van der Waals surface area contributed by atoms with E-state index in [1.807, 2.05) is 6.92 Å². The molecule has 3 N–H and O–H groups in total. The van der Waals surface area contributed by atoms with Crippen LogP contribution in [0.1, 0.15) is 46.0 Å². The lowest BCUT2D eigenvalue weighted by Crippen LogP contribution is -2.45. The molecule has 0 aliphatic heterocycles. The van der Waals surface area contributed by atoms with Gasteiger partial charge in [0.05, 0.1) is 5.41 Å². The maximum absolute atomic E-state index is 11.5. The first-order chi connectivity index (χ1) is 8.48. The van der Waals surface area contributed by atoms with Crippen LogP contribution in [0.3, 0.4) is 0 Å². The molecule has 1 atom stereocenters. The third kappa shape index (κ3) is 4.20. The standard InChI is InChI=1S/C13H24N2O3/c1-3-13(2,11(16)17)9-15-12(18)14-8-7-10-5-4-6-10/h10H,3-9H2,1-2H3,(H,16,17)(H2,14,15,18). The third-order valence-corrected chi connectivity index (χ3v) is 4.00.